The number of aliphatic imine (C=N–C) groups is 1. The van der Waals surface area contributed by atoms with Gasteiger partial charge in [-0.25, -0.2) is 0 Å². The Morgan fingerprint density at radius 3 is 2.75 bits per heavy atom. The molecule has 1 aliphatic heterocycles. The Hall–Kier alpha value is -1.53. The number of likely N-dealkylation sites (tertiary alicyclic amines) is 1. The van der Waals surface area contributed by atoms with Crippen LogP contribution in [0.5, 0.6) is 0 Å². The second-order valence-electron chi connectivity index (χ2n) is 7.01. The summed E-state index contributed by atoms with van der Waals surface area (Å²) in [6, 6.07) is 4.24. The molecule has 0 amide bonds. The Balaban J connectivity index is 1.61. The van der Waals surface area contributed by atoms with Crippen LogP contribution in [-0.4, -0.2) is 55.3 Å². The normalized spacial score (nSPS) is 21.7. The number of hydrogen-bond acceptors (Lipinski definition) is 4. The van der Waals surface area contributed by atoms with E-state index in [0.29, 0.717) is 6.54 Å². The van der Waals surface area contributed by atoms with Crippen molar-refractivity contribution in [3.63, 3.8) is 0 Å². The molecule has 1 aromatic rings. The largest absolute Gasteiger partial charge is 0.468 e. The first-order valence-electron chi connectivity index (χ1n) is 9.17. The van der Waals surface area contributed by atoms with E-state index >= 15 is 0 Å². The maximum atomic E-state index is 9.46. The van der Waals surface area contributed by atoms with Crippen molar-refractivity contribution < 1.29 is 9.52 Å². The predicted octanol–water partition coefficient (Wildman–Crippen LogP) is 1.74. The zero-order valence-corrected chi connectivity index (χ0v) is 14.6. The molecule has 1 saturated carbocycles. The van der Waals surface area contributed by atoms with E-state index in [4.69, 9.17) is 4.42 Å². The highest BCUT2D eigenvalue weighted by molar-refractivity contribution is 5.79. The van der Waals surface area contributed by atoms with Gasteiger partial charge >= 0.3 is 0 Å². The molecule has 1 unspecified atom stereocenters. The van der Waals surface area contributed by atoms with Crippen molar-refractivity contribution in [3.8, 4) is 0 Å². The first kappa shape index (κ1) is 17.3. The summed E-state index contributed by atoms with van der Waals surface area (Å²) in [6.45, 7) is 6.83. The molecule has 6 nitrogen and oxygen atoms in total. The van der Waals surface area contributed by atoms with E-state index in [1.165, 1.54) is 12.8 Å². The second-order valence-corrected chi connectivity index (χ2v) is 7.01. The number of rotatable bonds is 8. The van der Waals surface area contributed by atoms with E-state index in [-0.39, 0.29) is 18.1 Å². The smallest absolute Gasteiger partial charge is 0.191 e. The van der Waals surface area contributed by atoms with Crippen LogP contribution >= 0.6 is 0 Å². The molecule has 2 aliphatic rings. The van der Waals surface area contributed by atoms with E-state index in [1.54, 1.807) is 6.26 Å². The van der Waals surface area contributed by atoms with Crippen LogP contribution < -0.4 is 10.6 Å². The molecule has 2 fully saturated rings. The van der Waals surface area contributed by atoms with E-state index in [1.807, 2.05) is 6.07 Å². The highest BCUT2D eigenvalue weighted by Gasteiger charge is 2.41. The summed E-state index contributed by atoms with van der Waals surface area (Å²) in [6.07, 6.45) is 6.41. The van der Waals surface area contributed by atoms with Crippen molar-refractivity contribution in [2.75, 3.05) is 39.3 Å². The number of nitrogens with zero attached hydrogens (tertiary/aromatic N) is 2. The highest BCUT2D eigenvalue weighted by atomic mass is 16.3. The van der Waals surface area contributed by atoms with Crippen molar-refractivity contribution in [2.45, 2.75) is 38.6 Å². The Morgan fingerprint density at radius 2 is 2.17 bits per heavy atom. The average molecular weight is 334 g/mol. The molecule has 1 atom stereocenters. The lowest BCUT2D eigenvalue weighted by atomic mass is 10.1. The lowest BCUT2D eigenvalue weighted by Crippen LogP contribution is -2.43. The number of hydrogen-bond donors (Lipinski definition) is 3. The molecule has 2 heterocycles. The Kier molecular flexibility index (Phi) is 5.79. The van der Waals surface area contributed by atoms with Gasteiger partial charge in [-0.05, 0) is 57.8 Å². The minimum absolute atomic E-state index is 0.0394. The molecular formula is C18H30N4O2. The van der Waals surface area contributed by atoms with Gasteiger partial charge in [0.25, 0.3) is 0 Å². The Bertz CT molecular complexity index is 519. The lowest BCUT2D eigenvalue weighted by molar-refractivity contribution is 0.214. The fourth-order valence-electron chi connectivity index (χ4n) is 3.27. The van der Waals surface area contributed by atoms with Crippen LogP contribution in [0.1, 0.15) is 44.4 Å². The van der Waals surface area contributed by atoms with Gasteiger partial charge in [0.05, 0.1) is 25.5 Å². The maximum Gasteiger partial charge on any atom is 0.191 e. The van der Waals surface area contributed by atoms with Crippen LogP contribution in [-0.2, 0) is 0 Å². The van der Waals surface area contributed by atoms with Crippen LogP contribution in [0.15, 0.2) is 27.8 Å². The van der Waals surface area contributed by atoms with E-state index in [2.05, 4.69) is 33.5 Å². The van der Waals surface area contributed by atoms with Gasteiger partial charge in [0, 0.05) is 18.5 Å². The van der Waals surface area contributed by atoms with E-state index in [9.17, 15) is 5.11 Å². The zero-order chi connectivity index (χ0) is 16.8. The number of nitrogens with one attached hydrogen (secondary N) is 2. The average Bonchev–Trinajstić information content (AvgIpc) is 2.99. The molecule has 134 valence electrons. The monoisotopic (exact) mass is 334 g/mol. The summed E-state index contributed by atoms with van der Waals surface area (Å²) in [7, 11) is 0. The maximum absolute atomic E-state index is 9.46. The number of aliphatic hydroxyl groups is 1. The van der Waals surface area contributed by atoms with Gasteiger partial charge in [0.2, 0.25) is 0 Å². The second kappa shape index (κ2) is 8.03. The molecule has 3 N–H and O–H groups in total. The third-order valence-electron chi connectivity index (χ3n) is 5.13. The summed E-state index contributed by atoms with van der Waals surface area (Å²) in [5, 5.41) is 16.2. The molecule has 6 heteroatoms. The molecular weight excluding hydrogens is 304 g/mol. The predicted molar refractivity (Wildman–Crippen MR) is 95.0 cm³/mol. The van der Waals surface area contributed by atoms with Crippen molar-refractivity contribution in [3.05, 3.63) is 24.2 Å². The molecule has 0 spiro atoms. The summed E-state index contributed by atoms with van der Waals surface area (Å²) >= 11 is 0. The summed E-state index contributed by atoms with van der Waals surface area (Å²) in [5.41, 5.74) is 0.0394. The van der Waals surface area contributed by atoms with Crippen LogP contribution in [0.25, 0.3) is 0 Å². The molecule has 0 bridgehead atoms. The number of furan rings is 1. The third kappa shape index (κ3) is 4.30. The van der Waals surface area contributed by atoms with E-state index in [0.717, 1.165) is 50.7 Å². The van der Waals surface area contributed by atoms with E-state index < -0.39 is 0 Å². The minimum atomic E-state index is 0.0394. The van der Waals surface area contributed by atoms with Gasteiger partial charge in [0.1, 0.15) is 5.76 Å². The summed E-state index contributed by atoms with van der Waals surface area (Å²) in [5.74, 6) is 1.84. The number of guanidine groups is 1. The van der Waals surface area contributed by atoms with Crippen LogP contribution in [0, 0.1) is 5.41 Å². The highest BCUT2D eigenvalue weighted by Crippen LogP contribution is 2.45. The van der Waals surface area contributed by atoms with Gasteiger partial charge in [0.15, 0.2) is 5.96 Å². The van der Waals surface area contributed by atoms with Crippen molar-refractivity contribution in [1.29, 1.82) is 0 Å². The lowest BCUT2D eigenvalue weighted by Gasteiger charge is -2.26. The van der Waals surface area contributed by atoms with Gasteiger partial charge in [-0.2, -0.15) is 0 Å². The summed E-state index contributed by atoms with van der Waals surface area (Å²) < 4.78 is 5.67. The zero-order valence-electron chi connectivity index (χ0n) is 14.6. The fraction of sp³-hybridized carbons (Fsp3) is 0.722. The summed E-state index contributed by atoms with van der Waals surface area (Å²) in [4.78, 5) is 7.16. The third-order valence-corrected chi connectivity index (χ3v) is 5.13. The SMILES string of the molecule is CCNC(=NCC1(CO)CC1)NCC(c1ccco1)N1CCCC1. The van der Waals surface area contributed by atoms with Crippen molar-refractivity contribution in [1.82, 2.24) is 15.5 Å². The first-order valence-corrected chi connectivity index (χ1v) is 9.17. The van der Waals surface area contributed by atoms with Crippen molar-refractivity contribution in [2.24, 2.45) is 10.4 Å². The molecule has 0 aromatic carbocycles. The molecule has 1 saturated heterocycles. The van der Waals surface area contributed by atoms with Gasteiger partial charge < -0.3 is 20.2 Å². The Morgan fingerprint density at radius 1 is 1.38 bits per heavy atom. The quantitative estimate of drug-likeness (QED) is 0.499. The molecule has 1 aliphatic carbocycles. The molecule has 24 heavy (non-hydrogen) atoms. The minimum Gasteiger partial charge on any atom is -0.468 e. The van der Waals surface area contributed by atoms with Crippen molar-refractivity contribution >= 4 is 5.96 Å². The van der Waals surface area contributed by atoms with Gasteiger partial charge in [-0.15, -0.1) is 0 Å². The van der Waals surface area contributed by atoms with Gasteiger partial charge in [-0.3, -0.25) is 9.89 Å². The van der Waals surface area contributed by atoms with Crippen LogP contribution in [0.3, 0.4) is 0 Å². The van der Waals surface area contributed by atoms with Gasteiger partial charge in [-0.1, -0.05) is 0 Å². The van der Waals surface area contributed by atoms with Crippen LogP contribution in [0.2, 0.25) is 0 Å². The molecule has 1 aromatic heterocycles. The first-order chi connectivity index (χ1) is 11.8. The Labute approximate surface area is 144 Å². The topological polar surface area (TPSA) is 73.0 Å². The number of aliphatic hydroxyl groups excluding tert-OH is 1. The standard InChI is InChI=1S/C18H30N4O2/c1-2-19-17(21-13-18(14-23)7-8-18)20-12-15(16-6-5-11-24-16)22-9-3-4-10-22/h5-6,11,15,23H,2-4,7-10,12-14H2,1H3,(H2,19,20,21). The fourth-order valence-corrected chi connectivity index (χ4v) is 3.27. The molecule has 3 rings (SSSR count). The van der Waals surface area contributed by atoms with Crippen LogP contribution in [0.4, 0.5) is 0 Å². The molecule has 0 radical (unpaired) electrons.